The molecular weight excluding hydrogens is 328 g/mol. The number of rotatable bonds is 5. The number of thiazole rings is 1. The average molecular weight is 348 g/mol. The summed E-state index contributed by atoms with van der Waals surface area (Å²) in [5.74, 6) is -0.804. The second-order valence-corrected chi connectivity index (χ2v) is 6.96. The van der Waals surface area contributed by atoms with E-state index in [0.29, 0.717) is 17.4 Å². The van der Waals surface area contributed by atoms with E-state index in [9.17, 15) is 9.59 Å². The highest BCUT2D eigenvalue weighted by Crippen LogP contribution is 2.39. The lowest BCUT2D eigenvalue weighted by Crippen LogP contribution is -2.19. The van der Waals surface area contributed by atoms with Gasteiger partial charge in [0.15, 0.2) is 5.13 Å². The van der Waals surface area contributed by atoms with Gasteiger partial charge in [0.05, 0.1) is 12.3 Å². The number of esters is 1. The Kier molecular flexibility index (Phi) is 4.66. The Hall–Kier alpha value is -2.22. The Morgan fingerprint density at radius 1 is 1.50 bits per heavy atom. The molecule has 0 bridgehead atoms. The van der Waals surface area contributed by atoms with Crippen LogP contribution in [0.15, 0.2) is 12.3 Å². The smallest absolute Gasteiger partial charge is 0.315 e. The van der Waals surface area contributed by atoms with Gasteiger partial charge in [0.1, 0.15) is 11.6 Å². The van der Waals surface area contributed by atoms with Crippen LogP contribution in [-0.2, 0) is 16.0 Å². The second-order valence-electron chi connectivity index (χ2n) is 5.88. The highest BCUT2D eigenvalue weighted by atomic mass is 32.1. The number of carbonyl (C=O) groups is 2. The van der Waals surface area contributed by atoms with Crippen LogP contribution in [0.1, 0.15) is 60.2 Å². The zero-order chi connectivity index (χ0) is 17.3. The van der Waals surface area contributed by atoms with Crippen molar-refractivity contribution in [2.45, 2.75) is 45.6 Å². The summed E-state index contributed by atoms with van der Waals surface area (Å²) >= 11 is 1.42. The molecule has 2 heterocycles. The highest BCUT2D eigenvalue weighted by molar-refractivity contribution is 7.16. The molecule has 0 fully saturated rings. The number of hydrogen-bond donors (Lipinski definition) is 1. The van der Waals surface area contributed by atoms with Gasteiger partial charge in [-0.1, -0.05) is 0 Å². The zero-order valence-corrected chi connectivity index (χ0v) is 14.7. The summed E-state index contributed by atoms with van der Waals surface area (Å²) in [7, 11) is 0. The fraction of sp³-hybridized carbons (Fsp3) is 0.500. The molecule has 2 aromatic heterocycles. The Bertz CT molecular complexity index is 765. The van der Waals surface area contributed by atoms with E-state index >= 15 is 0 Å². The number of ether oxygens (including phenoxy) is 1. The van der Waals surface area contributed by atoms with Crippen molar-refractivity contribution >= 4 is 28.3 Å². The Labute approximate surface area is 144 Å². The van der Waals surface area contributed by atoms with Gasteiger partial charge < -0.3 is 4.74 Å². The molecule has 24 heavy (non-hydrogen) atoms. The molecule has 7 nitrogen and oxygen atoms in total. The number of fused-ring (bicyclic) bond motifs is 1. The van der Waals surface area contributed by atoms with Crippen molar-refractivity contribution in [3.63, 3.8) is 0 Å². The zero-order valence-electron chi connectivity index (χ0n) is 13.9. The van der Waals surface area contributed by atoms with Crippen molar-refractivity contribution in [1.82, 2.24) is 14.8 Å². The molecule has 0 unspecified atom stereocenters. The minimum Gasteiger partial charge on any atom is -0.465 e. The van der Waals surface area contributed by atoms with E-state index in [1.165, 1.54) is 11.3 Å². The number of hydrogen-bond acceptors (Lipinski definition) is 6. The number of nitrogens with zero attached hydrogens (tertiary/aromatic N) is 3. The quantitative estimate of drug-likeness (QED) is 0.840. The maximum Gasteiger partial charge on any atom is 0.315 e. The molecule has 0 saturated heterocycles. The van der Waals surface area contributed by atoms with E-state index in [4.69, 9.17) is 4.74 Å². The predicted molar refractivity (Wildman–Crippen MR) is 90.4 cm³/mol. The molecule has 8 heteroatoms. The summed E-state index contributed by atoms with van der Waals surface area (Å²) < 4.78 is 6.77. The molecule has 3 rings (SSSR count). The van der Waals surface area contributed by atoms with Crippen LogP contribution in [0.4, 0.5) is 5.13 Å². The highest BCUT2D eigenvalue weighted by Gasteiger charge is 2.34. The van der Waals surface area contributed by atoms with Crippen molar-refractivity contribution in [3.8, 4) is 0 Å². The van der Waals surface area contributed by atoms with E-state index in [-0.39, 0.29) is 23.8 Å². The number of amides is 1. The first-order chi connectivity index (χ1) is 11.5. The summed E-state index contributed by atoms with van der Waals surface area (Å²) in [6, 6.07) is 1.77. The van der Waals surface area contributed by atoms with Gasteiger partial charge >= 0.3 is 5.97 Å². The molecule has 0 aromatic carbocycles. The SMILES string of the molecule is CCOC(=O)[C@@H]1CCc2sc(NC(=O)c3ccnn3C(C)C)nc21. The first kappa shape index (κ1) is 16.6. The first-order valence-electron chi connectivity index (χ1n) is 8.02. The second kappa shape index (κ2) is 6.72. The standard InChI is InChI=1S/C16H20N4O3S/c1-4-23-15(22)10-5-6-12-13(10)18-16(24-12)19-14(21)11-7-8-17-20(11)9(2)3/h7-10H,4-6H2,1-3H3,(H,18,19,21)/t10-/m1/s1. The van der Waals surface area contributed by atoms with Crippen molar-refractivity contribution < 1.29 is 14.3 Å². The maximum absolute atomic E-state index is 12.4. The van der Waals surface area contributed by atoms with Crippen molar-refractivity contribution in [1.29, 1.82) is 0 Å². The van der Waals surface area contributed by atoms with Gasteiger partial charge in [0.25, 0.3) is 5.91 Å². The van der Waals surface area contributed by atoms with Crippen LogP contribution >= 0.6 is 11.3 Å². The van der Waals surface area contributed by atoms with E-state index in [1.807, 2.05) is 13.8 Å². The molecule has 0 radical (unpaired) electrons. The fourth-order valence-corrected chi connectivity index (χ4v) is 3.85. The van der Waals surface area contributed by atoms with Crippen LogP contribution in [0, 0.1) is 0 Å². The van der Waals surface area contributed by atoms with Gasteiger partial charge in [-0.15, -0.1) is 11.3 Å². The van der Waals surface area contributed by atoms with Crippen LogP contribution in [0.5, 0.6) is 0 Å². The van der Waals surface area contributed by atoms with E-state index in [1.54, 1.807) is 23.9 Å². The minimum absolute atomic E-state index is 0.0928. The summed E-state index contributed by atoms with van der Waals surface area (Å²) in [6.45, 7) is 6.08. The molecule has 128 valence electrons. The molecule has 0 saturated carbocycles. The fourth-order valence-electron chi connectivity index (χ4n) is 2.82. The van der Waals surface area contributed by atoms with Crippen LogP contribution < -0.4 is 5.32 Å². The van der Waals surface area contributed by atoms with Gasteiger partial charge in [-0.2, -0.15) is 5.10 Å². The lowest BCUT2D eigenvalue weighted by molar-refractivity contribution is -0.145. The number of nitrogens with one attached hydrogen (secondary N) is 1. The third-order valence-corrected chi connectivity index (χ3v) is 4.95. The first-order valence-corrected chi connectivity index (χ1v) is 8.84. The molecule has 1 aliphatic carbocycles. The van der Waals surface area contributed by atoms with Gasteiger partial charge in [0.2, 0.25) is 0 Å². The molecule has 1 aliphatic rings. The van der Waals surface area contributed by atoms with Gasteiger partial charge in [-0.25, -0.2) is 4.98 Å². The van der Waals surface area contributed by atoms with Crippen LogP contribution in [0.3, 0.4) is 0 Å². The lowest BCUT2D eigenvalue weighted by Gasteiger charge is -2.10. The Morgan fingerprint density at radius 2 is 2.29 bits per heavy atom. The monoisotopic (exact) mass is 348 g/mol. The van der Waals surface area contributed by atoms with Crippen molar-refractivity contribution in [2.24, 2.45) is 0 Å². The van der Waals surface area contributed by atoms with Crippen LogP contribution in [0.2, 0.25) is 0 Å². The molecule has 1 atom stereocenters. The minimum atomic E-state index is -0.317. The summed E-state index contributed by atoms with van der Waals surface area (Å²) in [5, 5.41) is 7.49. The number of aryl methyl sites for hydroxylation is 1. The third-order valence-electron chi connectivity index (χ3n) is 3.90. The number of anilines is 1. The Balaban J connectivity index is 1.76. The number of carbonyl (C=O) groups excluding carboxylic acids is 2. The van der Waals surface area contributed by atoms with E-state index < -0.39 is 0 Å². The molecule has 0 aliphatic heterocycles. The summed E-state index contributed by atoms with van der Waals surface area (Å²) in [4.78, 5) is 29.9. The van der Waals surface area contributed by atoms with Crippen molar-refractivity contribution in [2.75, 3.05) is 11.9 Å². The van der Waals surface area contributed by atoms with E-state index in [2.05, 4.69) is 15.4 Å². The lowest BCUT2D eigenvalue weighted by atomic mass is 10.1. The molecular formula is C16H20N4O3S. The normalized spacial score (nSPS) is 16.2. The Morgan fingerprint density at radius 3 is 3.00 bits per heavy atom. The predicted octanol–water partition coefficient (Wildman–Crippen LogP) is 2.77. The molecule has 2 aromatic rings. The van der Waals surface area contributed by atoms with Crippen molar-refractivity contribution in [3.05, 3.63) is 28.5 Å². The average Bonchev–Trinajstić information content (AvgIpc) is 3.21. The van der Waals surface area contributed by atoms with Gasteiger partial charge in [-0.3, -0.25) is 19.6 Å². The molecule has 1 N–H and O–H groups in total. The summed E-state index contributed by atoms with van der Waals surface area (Å²) in [5.41, 5.74) is 1.23. The van der Waals surface area contributed by atoms with Gasteiger partial charge in [-0.05, 0) is 39.7 Å². The third kappa shape index (κ3) is 3.06. The molecule has 1 amide bonds. The van der Waals surface area contributed by atoms with Crippen LogP contribution in [0.25, 0.3) is 0 Å². The van der Waals surface area contributed by atoms with Crippen LogP contribution in [-0.4, -0.2) is 33.2 Å². The maximum atomic E-state index is 12.4. The summed E-state index contributed by atoms with van der Waals surface area (Å²) in [6.07, 6.45) is 3.12. The number of aromatic nitrogens is 3. The topological polar surface area (TPSA) is 86.1 Å². The van der Waals surface area contributed by atoms with Gasteiger partial charge in [0, 0.05) is 17.1 Å². The largest absolute Gasteiger partial charge is 0.465 e. The van der Waals surface area contributed by atoms with E-state index in [0.717, 1.165) is 23.4 Å². The molecule has 0 spiro atoms.